The van der Waals surface area contributed by atoms with E-state index in [1.54, 1.807) is 19.4 Å². The van der Waals surface area contributed by atoms with Gasteiger partial charge in [0.05, 0.1) is 12.8 Å². The number of nitrogens with zero attached hydrogens (tertiary/aromatic N) is 3. The Bertz CT molecular complexity index is 815. The summed E-state index contributed by atoms with van der Waals surface area (Å²) in [6, 6.07) is 14.0. The number of benzene rings is 1. The minimum Gasteiger partial charge on any atom is -0.481 e. The topological polar surface area (TPSA) is 47.9 Å². The van der Waals surface area contributed by atoms with Gasteiger partial charge in [-0.2, -0.15) is 4.98 Å². The lowest BCUT2D eigenvalue weighted by Crippen LogP contribution is -1.98. The Kier molecular flexibility index (Phi) is 3.83. The van der Waals surface area contributed by atoms with Crippen LogP contribution in [0.15, 0.2) is 48.7 Å². The molecule has 1 aromatic carbocycles. The third kappa shape index (κ3) is 2.68. The average Bonchev–Trinajstić information content (AvgIpc) is 2.56. The Morgan fingerprint density at radius 3 is 2.45 bits per heavy atom. The molecular weight excluding hydrogens is 274 g/mol. The Morgan fingerprint density at radius 1 is 0.864 bits per heavy atom. The lowest BCUT2D eigenvalue weighted by Gasteiger charge is -2.09. The first-order valence-corrected chi connectivity index (χ1v) is 7.10. The normalized spacial score (nSPS) is 10.5. The van der Waals surface area contributed by atoms with Crippen LogP contribution < -0.4 is 4.74 Å². The number of aryl methyl sites for hydroxylation is 2. The largest absolute Gasteiger partial charge is 0.481 e. The van der Waals surface area contributed by atoms with E-state index in [9.17, 15) is 0 Å². The first-order chi connectivity index (χ1) is 10.7. The van der Waals surface area contributed by atoms with Crippen molar-refractivity contribution in [2.24, 2.45) is 0 Å². The van der Waals surface area contributed by atoms with Gasteiger partial charge in [0.2, 0.25) is 5.88 Å². The maximum Gasteiger partial charge on any atom is 0.216 e. The summed E-state index contributed by atoms with van der Waals surface area (Å²) in [5, 5.41) is 0. The summed E-state index contributed by atoms with van der Waals surface area (Å²) in [6.07, 6.45) is 1.68. The number of aromatic nitrogens is 3. The van der Waals surface area contributed by atoms with Crippen molar-refractivity contribution in [1.82, 2.24) is 15.0 Å². The third-order valence-corrected chi connectivity index (χ3v) is 3.57. The first kappa shape index (κ1) is 14.2. The average molecular weight is 291 g/mol. The zero-order valence-electron chi connectivity index (χ0n) is 12.9. The zero-order chi connectivity index (χ0) is 15.5. The Balaban J connectivity index is 2.13. The van der Waals surface area contributed by atoms with Gasteiger partial charge in [0.1, 0.15) is 5.69 Å². The molecule has 0 fully saturated rings. The minimum absolute atomic E-state index is 0.535. The van der Waals surface area contributed by atoms with Crippen LogP contribution in [0, 0.1) is 13.8 Å². The van der Waals surface area contributed by atoms with Gasteiger partial charge in [-0.05, 0) is 31.0 Å². The summed E-state index contributed by atoms with van der Waals surface area (Å²) >= 11 is 0. The molecule has 0 amide bonds. The van der Waals surface area contributed by atoms with Crippen LogP contribution in [-0.4, -0.2) is 22.1 Å². The first-order valence-electron chi connectivity index (χ1n) is 7.10. The summed E-state index contributed by atoms with van der Waals surface area (Å²) in [7, 11) is 1.59. The molecule has 22 heavy (non-hydrogen) atoms. The van der Waals surface area contributed by atoms with Gasteiger partial charge in [-0.3, -0.25) is 0 Å². The highest BCUT2D eigenvalue weighted by Crippen LogP contribution is 2.26. The van der Waals surface area contributed by atoms with E-state index in [0.717, 1.165) is 22.5 Å². The molecule has 0 saturated heterocycles. The van der Waals surface area contributed by atoms with Crippen LogP contribution in [0.5, 0.6) is 5.88 Å². The summed E-state index contributed by atoms with van der Waals surface area (Å²) in [5.41, 5.74) is 5.04. The van der Waals surface area contributed by atoms with Gasteiger partial charge in [0.15, 0.2) is 5.82 Å². The van der Waals surface area contributed by atoms with E-state index in [2.05, 4.69) is 29.0 Å². The predicted molar refractivity (Wildman–Crippen MR) is 86.7 cm³/mol. The molecule has 110 valence electrons. The Hall–Kier alpha value is -2.75. The van der Waals surface area contributed by atoms with Crippen LogP contribution in [0.3, 0.4) is 0 Å². The molecule has 0 aliphatic carbocycles. The predicted octanol–water partition coefficient (Wildman–Crippen LogP) is 3.83. The van der Waals surface area contributed by atoms with Gasteiger partial charge >= 0.3 is 0 Å². The highest BCUT2D eigenvalue weighted by Gasteiger charge is 2.11. The molecule has 0 aliphatic rings. The number of pyridine rings is 1. The van der Waals surface area contributed by atoms with E-state index in [-0.39, 0.29) is 0 Å². The Labute approximate surface area is 129 Å². The molecule has 0 radical (unpaired) electrons. The molecule has 3 aromatic rings. The number of hydrogen-bond acceptors (Lipinski definition) is 4. The van der Waals surface area contributed by atoms with E-state index in [0.29, 0.717) is 11.7 Å². The maximum atomic E-state index is 5.17. The molecule has 4 heteroatoms. The van der Waals surface area contributed by atoms with Crippen molar-refractivity contribution in [3.63, 3.8) is 0 Å². The van der Waals surface area contributed by atoms with Gasteiger partial charge in [0, 0.05) is 17.8 Å². The molecule has 3 rings (SSSR count). The summed E-state index contributed by atoms with van der Waals surface area (Å²) in [6.45, 7) is 4.09. The SMILES string of the molecule is COc1ccnc(-c2nc(-c3ccccc3C)ccc2C)n1. The number of methoxy groups -OCH3 is 1. The smallest absolute Gasteiger partial charge is 0.216 e. The minimum atomic E-state index is 0.535. The van der Waals surface area contributed by atoms with Crippen LogP contribution in [-0.2, 0) is 0 Å². The second-order valence-corrected chi connectivity index (χ2v) is 5.10. The van der Waals surface area contributed by atoms with Crippen LogP contribution in [0.1, 0.15) is 11.1 Å². The van der Waals surface area contributed by atoms with Gasteiger partial charge in [-0.15, -0.1) is 0 Å². The maximum absolute atomic E-state index is 5.17. The lowest BCUT2D eigenvalue weighted by molar-refractivity contribution is 0.397. The number of hydrogen-bond donors (Lipinski definition) is 0. The van der Waals surface area contributed by atoms with Crippen molar-refractivity contribution in [2.75, 3.05) is 7.11 Å². The highest BCUT2D eigenvalue weighted by atomic mass is 16.5. The fourth-order valence-corrected chi connectivity index (χ4v) is 2.34. The monoisotopic (exact) mass is 291 g/mol. The fraction of sp³-hybridized carbons (Fsp3) is 0.167. The van der Waals surface area contributed by atoms with Crippen molar-refractivity contribution in [3.8, 4) is 28.7 Å². The van der Waals surface area contributed by atoms with E-state index in [1.165, 1.54) is 5.56 Å². The molecule has 0 saturated carbocycles. The standard InChI is InChI=1S/C18H17N3O/c1-12-6-4-5-7-14(12)15-9-8-13(2)17(20-15)18-19-11-10-16(21-18)22-3/h4-11H,1-3H3. The highest BCUT2D eigenvalue weighted by molar-refractivity contribution is 5.67. The van der Waals surface area contributed by atoms with Crippen molar-refractivity contribution in [2.45, 2.75) is 13.8 Å². The van der Waals surface area contributed by atoms with Gasteiger partial charge in [0.25, 0.3) is 0 Å². The zero-order valence-corrected chi connectivity index (χ0v) is 12.9. The molecule has 0 unspecified atom stereocenters. The molecule has 0 bridgehead atoms. The molecule has 2 aromatic heterocycles. The second-order valence-electron chi connectivity index (χ2n) is 5.10. The lowest BCUT2D eigenvalue weighted by atomic mass is 10.0. The third-order valence-electron chi connectivity index (χ3n) is 3.57. The summed E-state index contributed by atoms with van der Waals surface area (Å²) in [5.74, 6) is 1.11. The van der Waals surface area contributed by atoms with Gasteiger partial charge in [-0.1, -0.05) is 30.3 Å². The fourth-order valence-electron chi connectivity index (χ4n) is 2.34. The summed E-state index contributed by atoms with van der Waals surface area (Å²) in [4.78, 5) is 13.5. The van der Waals surface area contributed by atoms with E-state index >= 15 is 0 Å². The van der Waals surface area contributed by atoms with Crippen LogP contribution in [0.4, 0.5) is 0 Å². The van der Waals surface area contributed by atoms with Crippen molar-refractivity contribution >= 4 is 0 Å². The van der Waals surface area contributed by atoms with Gasteiger partial charge in [-0.25, -0.2) is 9.97 Å². The summed E-state index contributed by atoms with van der Waals surface area (Å²) < 4.78 is 5.17. The van der Waals surface area contributed by atoms with Crippen LogP contribution in [0.2, 0.25) is 0 Å². The number of rotatable bonds is 3. The van der Waals surface area contributed by atoms with Crippen LogP contribution in [0.25, 0.3) is 22.8 Å². The van der Waals surface area contributed by atoms with Crippen molar-refractivity contribution in [1.29, 1.82) is 0 Å². The van der Waals surface area contributed by atoms with Gasteiger partial charge < -0.3 is 4.74 Å². The van der Waals surface area contributed by atoms with E-state index in [4.69, 9.17) is 9.72 Å². The van der Waals surface area contributed by atoms with E-state index < -0.39 is 0 Å². The molecule has 0 aliphatic heterocycles. The molecule has 4 nitrogen and oxygen atoms in total. The van der Waals surface area contributed by atoms with Crippen LogP contribution >= 0.6 is 0 Å². The molecular formula is C18H17N3O. The van der Waals surface area contributed by atoms with E-state index in [1.807, 2.05) is 31.2 Å². The molecule has 0 N–H and O–H groups in total. The molecule has 0 atom stereocenters. The molecule has 0 spiro atoms. The van der Waals surface area contributed by atoms with Crippen molar-refractivity contribution < 1.29 is 4.74 Å². The second kappa shape index (κ2) is 5.93. The molecule has 2 heterocycles. The Morgan fingerprint density at radius 2 is 1.68 bits per heavy atom. The number of ether oxygens (including phenoxy) is 1. The van der Waals surface area contributed by atoms with Crippen molar-refractivity contribution in [3.05, 3.63) is 59.8 Å². The quantitative estimate of drug-likeness (QED) is 0.736.